The van der Waals surface area contributed by atoms with Crippen molar-refractivity contribution in [1.82, 2.24) is 10.2 Å². The van der Waals surface area contributed by atoms with E-state index in [-0.39, 0.29) is 5.56 Å². The first-order valence-corrected chi connectivity index (χ1v) is 8.74. The molecule has 2 heterocycles. The minimum Gasteiger partial charge on any atom is -0.370 e. The zero-order valence-electron chi connectivity index (χ0n) is 14.9. The van der Waals surface area contributed by atoms with E-state index in [1.807, 2.05) is 32.8 Å². The number of ether oxygens (including phenoxy) is 1. The summed E-state index contributed by atoms with van der Waals surface area (Å²) in [6.07, 6.45) is 0.516. The topological polar surface area (TPSA) is 114 Å². The first-order valence-electron chi connectivity index (χ1n) is 7.93. The van der Waals surface area contributed by atoms with Gasteiger partial charge in [0.05, 0.1) is 17.8 Å². The predicted octanol–water partition coefficient (Wildman–Crippen LogP) is 0.315. The van der Waals surface area contributed by atoms with Crippen LogP contribution in [0.15, 0.2) is 0 Å². The Hall–Kier alpha value is -1.97. The summed E-state index contributed by atoms with van der Waals surface area (Å²) in [5.41, 5.74) is 6.15. The predicted molar refractivity (Wildman–Crippen MR) is 95.6 cm³/mol. The molecule has 0 atom stereocenters. The smallest absolute Gasteiger partial charge is 0.314 e. The number of carbonyl (C=O) groups excluding carboxylic acids is 3. The van der Waals surface area contributed by atoms with Crippen molar-refractivity contribution in [1.29, 1.82) is 0 Å². The van der Waals surface area contributed by atoms with E-state index in [1.165, 1.54) is 11.3 Å². The number of nitrogens with one attached hydrogen (secondary N) is 2. The zero-order chi connectivity index (χ0) is 18.8. The zero-order valence-corrected chi connectivity index (χ0v) is 15.7. The van der Waals surface area contributed by atoms with E-state index in [9.17, 15) is 14.4 Å². The van der Waals surface area contributed by atoms with Crippen molar-refractivity contribution in [3.05, 3.63) is 16.0 Å². The van der Waals surface area contributed by atoms with Crippen LogP contribution < -0.4 is 16.4 Å². The van der Waals surface area contributed by atoms with Crippen molar-refractivity contribution in [2.75, 3.05) is 32.5 Å². The molecule has 0 aliphatic carbocycles. The van der Waals surface area contributed by atoms with E-state index in [0.717, 1.165) is 10.4 Å². The number of fused-ring (bicyclic) bond motifs is 1. The summed E-state index contributed by atoms with van der Waals surface area (Å²) in [4.78, 5) is 38.6. The number of hydrogen-bond acceptors (Lipinski definition) is 6. The summed E-state index contributed by atoms with van der Waals surface area (Å²) in [5.74, 6) is -2.20. The fourth-order valence-corrected chi connectivity index (χ4v) is 3.67. The number of nitrogens with two attached hydrogens (primary N) is 1. The average Bonchev–Trinajstić information content (AvgIpc) is 2.82. The lowest BCUT2D eigenvalue weighted by molar-refractivity contribution is -0.136. The Bertz CT molecular complexity index is 697. The lowest BCUT2D eigenvalue weighted by atomic mass is 9.93. The molecule has 0 saturated heterocycles. The summed E-state index contributed by atoms with van der Waals surface area (Å²) in [5, 5.41) is 5.34. The van der Waals surface area contributed by atoms with E-state index in [1.54, 1.807) is 0 Å². The molecule has 0 saturated carbocycles. The molecule has 0 bridgehead atoms. The first-order chi connectivity index (χ1) is 11.6. The minimum atomic E-state index is -0.819. The highest BCUT2D eigenvalue weighted by Crippen LogP contribution is 2.40. The highest BCUT2D eigenvalue weighted by molar-refractivity contribution is 7.17. The van der Waals surface area contributed by atoms with Crippen LogP contribution >= 0.6 is 11.3 Å². The molecule has 1 aromatic rings. The van der Waals surface area contributed by atoms with Crippen LogP contribution in [-0.2, 0) is 27.4 Å². The SMILES string of the molecule is CN(C)CCNC(=O)C(=O)Nc1sc2c(c1C(N)=O)CC(C)(C)OC2. The highest BCUT2D eigenvalue weighted by atomic mass is 32.1. The summed E-state index contributed by atoms with van der Waals surface area (Å²) >= 11 is 1.22. The normalized spacial score (nSPS) is 15.6. The van der Waals surface area contributed by atoms with E-state index in [4.69, 9.17) is 10.5 Å². The molecule has 2 rings (SSSR count). The molecule has 9 heteroatoms. The lowest BCUT2D eigenvalue weighted by Gasteiger charge is -2.30. The Morgan fingerprint density at radius 1 is 1.28 bits per heavy atom. The van der Waals surface area contributed by atoms with Gasteiger partial charge in [0, 0.05) is 24.4 Å². The number of nitrogens with zero attached hydrogens (tertiary/aromatic N) is 1. The van der Waals surface area contributed by atoms with Gasteiger partial charge in [-0.3, -0.25) is 14.4 Å². The molecule has 1 aromatic heterocycles. The van der Waals surface area contributed by atoms with Crippen LogP contribution in [0.1, 0.15) is 34.6 Å². The Morgan fingerprint density at radius 2 is 1.96 bits per heavy atom. The van der Waals surface area contributed by atoms with Crippen LogP contribution in [0.25, 0.3) is 0 Å². The van der Waals surface area contributed by atoms with Gasteiger partial charge in [0.1, 0.15) is 5.00 Å². The van der Waals surface area contributed by atoms with E-state index >= 15 is 0 Å². The number of rotatable bonds is 5. The summed E-state index contributed by atoms with van der Waals surface area (Å²) in [7, 11) is 3.73. The molecule has 4 N–H and O–H groups in total. The summed E-state index contributed by atoms with van der Waals surface area (Å²) in [6, 6.07) is 0. The van der Waals surface area contributed by atoms with Gasteiger partial charge in [-0.05, 0) is 33.5 Å². The van der Waals surface area contributed by atoms with Crippen molar-refractivity contribution in [3.63, 3.8) is 0 Å². The van der Waals surface area contributed by atoms with Crippen molar-refractivity contribution in [2.45, 2.75) is 32.5 Å². The molecular weight excluding hydrogens is 344 g/mol. The second-order valence-electron chi connectivity index (χ2n) is 6.81. The van der Waals surface area contributed by atoms with Gasteiger partial charge < -0.3 is 26.0 Å². The second kappa shape index (κ2) is 7.51. The van der Waals surface area contributed by atoms with Crippen molar-refractivity contribution in [2.24, 2.45) is 5.73 Å². The number of hydrogen-bond donors (Lipinski definition) is 3. The molecule has 0 fully saturated rings. The van der Waals surface area contributed by atoms with Gasteiger partial charge >= 0.3 is 11.8 Å². The third-order valence-corrected chi connectivity index (χ3v) is 4.93. The van der Waals surface area contributed by atoms with Crippen LogP contribution in [0, 0.1) is 0 Å². The number of thiophene rings is 1. The van der Waals surface area contributed by atoms with Crippen LogP contribution in [-0.4, -0.2) is 55.4 Å². The third-order valence-electron chi connectivity index (χ3n) is 3.81. The van der Waals surface area contributed by atoms with Crippen LogP contribution in [0.5, 0.6) is 0 Å². The number of amides is 3. The highest BCUT2D eigenvalue weighted by Gasteiger charge is 2.33. The van der Waals surface area contributed by atoms with E-state index < -0.39 is 23.3 Å². The molecule has 8 nitrogen and oxygen atoms in total. The Morgan fingerprint density at radius 3 is 2.56 bits per heavy atom. The molecule has 0 unspecified atom stereocenters. The van der Waals surface area contributed by atoms with Crippen LogP contribution in [0.3, 0.4) is 0 Å². The molecular formula is C16H24N4O4S. The third kappa shape index (κ3) is 4.77. The van der Waals surface area contributed by atoms with Gasteiger partial charge in [-0.15, -0.1) is 11.3 Å². The summed E-state index contributed by atoms with van der Waals surface area (Å²) in [6.45, 7) is 5.16. The number of likely N-dealkylation sites (N-methyl/N-ethyl adjacent to an activating group) is 1. The molecule has 0 radical (unpaired) electrons. The standard InChI is InChI=1S/C16H24N4O4S/c1-16(2)7-9-10(8-24-16)25-15(11(9)12(17)21)19-14(23)13(22)18-5-6-20(3)4/h5-8H2,1-4H3,(H2,17,21)(H,18,22)(H,19,23). The molecule has 3 amide bonds. The van der Waals surface area contributed by atoms with Crippen LogP contribution in [0.2, 0.25) is 0 Å². The van der Waals surface area contributed by atoms with E-state index in [0.29, 0.717) is 31.1 Å². The monoisotopic (exact) mass is 368 g/mol. The first kappa shape index (κ1) is 19.4. The number of anilines is 1. The van der Waals surface area contributed by atoms with Crippen molar-refractivity contribution >= 4 is 34.1 Å². The molecule has 1 aliphatic rings. The molecule has 0 spiro atoms. The lowest BCUT2D eigenvalue weighted by Crippen LogP contribution is -2.39. The number of carbonyl (C=O) groups is 3. The Labute approximate surface area is 150 Å². The summed E-state index contributed by atoms with van der Waals surface area (Å²) < 4.78 is 5.73. The average molecular weight is 368 g/mol. The van der Waals surface area contributed by atoms with Gasteiger partial charge in [0.2, 0.25) is 0 Å². The van der Waals surface area contributed by atoms with Gasteiger partial charge in [0.15, 0.2) is 0 Å². The largest absolute Gasteiger partial charge is 0.370 e. The second-order valence-corrected chi connectivity index (χ2v) is 7.92. The fourth-order valence-electron chi connectivity index (χ4n) is 2.54. The van der Waals surface area contributed by atoms with Gasteiger partial charge in [-0.1, -0.05) is 0 Å². The van der Waals surface area contributed by atoms with Gasteiger partial charge in [-0.2, -0.15) is 0 Å². The van der Waals surface area contributed by atoms with Gasteiger partial charge in [0.25, 0.3) is 5.91 Å². The Balaban J connectivity index is 2.14. The molecule has 25 heavy (non-hydrogen) atoms. The maximum Gasteiger partial charge on any atom is 0.314 e. The quantitative estimate of drug-likeness (QED) is 0.648. The fraction of sp³-hybridized carbons (Fsp3) is 0.562. The van der Waals surface area contributed by atoms with Gasteiger partial charge in [-0.25, -0.2) is 0 Å². The molecule has 138 valence electrons. The van der Waals surface area contributed by atoms with Crippen LogP contribution in [0.4, 0.5) is 5.00 Å². The molecule has 0 aromatic carbocycles. The van der Waals surface area contributed by atoms with Crippen molar-refractivity contribution < 1.29 is 19.1 Å². The van der Waals surface area contributed by atoms with Crippen molar-refractivity contribution in [3.8, 4) is 0 Å². The maximum absolute atomic E-state index is 12.1. The maximum atomic E-state index is 12.1. The minimum absolute atomic E-state index is 0.269. The number of primary amides is 1. The van der Waals surface area contributed by atoms with E-state index in [2.05, 4.69) is 10.6 Å². The Kier molecular flexibility index (Phi) is 5.81. The molecule has 1 aliphatic heterocycles.